The van der Waals surface area contributed by atoms with Crippen LogP contribution in [-0.4, -0.2) is 63.4 Å². The van der Waals surface area contributed by atoms with Gasteiger partial charge in [0.15, 0.2) is 0 Å². The van der Waals surface area contributed by atoms with Crippen molar-refractivity contribution in [1.82, 2.24) is 10.6 Å². The molecule has 0 spiro atoms. The van der Waals surface area contributed by atoms with Gasteiger partial charge in [0.05, 0.1) is 11.9 Å². The van der Waals surface area contributed by atoms with Gasteiger partial charge in [-0.25, -0.2) is 8.42 Å². The summed E-state index contributed by atoms with van der Waals surface area (Å²) in [5.41, 5.74) is 0. The Labute approximate surface area is 144 Å². The second kappa shape index (κ2) is 8.04. The maximum Gasteiger partial charge on any atom is 0.150 e. The summed E-state index contributed by atoms with van der Waals surface area (Å²) < 4.78 is 29.4. The van der Waals surface area contributed by atoms with Gasteiger partial charge in [0.25, 0.3) is 0 Å². The fourth-order valence-electron chi connectivity index (χ4n) is 4.02. The average molecular weight is 363 g/mol. The lowest BCUT2D eigenvalue weighted by molar-refractivity contribution is -0.0139. The van der Waals surface area contributed by atoms with E-state index in [-0.39, 0.29) is 11.5 Å². The average Bonchev–Trinajstić information content (AvgIpc) is 3.06. The lowest BCUT2D eigenvalue weighted by Gasteiger charge is -2.39. The highest BCUT2D eigenvalue weighted by molar-refractivity contribution is 7.99. The summed E-state index contributed by atoms with van der Waals surface area (Å²) in [6.45, 7) is 2.70. The fourth-order valence-corrected chi connectivity index (χ4v) is 6.41. The summed E-state index contributed by atoms with van der Waals surface area (Å²) in [6, 6.07) is 0.409. The normalized spacial score (nSPS) is 39.4. The van der Waals surface area contributed by atoms with Gasteiger partial charge in [-0.2, -0.15) is 11.8 Å². The maximum atomic E-state index is 11.7. The van der Waals surface area contributed by atoms with E-state index in [1.165, 1.54) is 24.2 Å². The number of sulfone groups is 1. The van der Waals surface area contributed by atoms with Gasteiger partial charge < -0.3 is 10.1 Å². The van der Waals surface area contributed by atoms with Crippen LogP contribution in [0.4, 0.5) is 0 Å². The second-order valence-corrected chi connectivity index (χ2v) is 10.8. The quantitative estimate of drug-likeness (QED) is 0.767. The predicted octanol–water partition coefficient (Wildman–Crippen LogP) is 1.25. The molecular weight excluding hydrogens is 332 g/mol. The maximum absolute atomic E-state index is 11.7. The molecule has 3 fully saturated rings. The largest absolute Gasteiger partial charge is 0.362 e. The molecule has 0 aromatic carbocycles. The second-order valence-electron chi connectivity index (χ2n) is 7.35. The Morgan fingerprint density at radius 1 is 1.13 bits per heavy atom. The Bertz CT molecular complexity index is 472. The Kier molecular flexibility index (Phi) is 6.29. The fraction of sp³-hybridized carbons (Fsp3) is 1.00. The van der Waals surface area contributed by atoms with Crippen LogP contribution in [0.1, 0.15) is 32.1 Å². The highest BCUT2D eigenvalue weighted by atomic mass is 32.2. The van der Waals surface area contributed by atoms with Gasteiger partial charge in [-0.15, -0.1) is 0 Å². The molecule has 2 aliphatic heterocycles. The van der Waals surface area contributed by atoms with Crippen molar-refractivity contribution in [2.24, 2.45) is 11.8 Å². The molecule has 3 aliphatic rings. The molecule has 0 radical (unpaired) electrons. The zero-order valence-electron chi connectivity index (χ0n) is 14.0. The third kappa shape index (κ3) is 5.08. The Morgan fingerprint density at radius 2 is 1.91 bits per heavy atom. The van der Waals surface area contributed by atoms with Gasteiger partial charge in [-0.05, 0) is 55.4 Å². The van der Waals surface area contributed by atoms with Gasteiger partial charge in [0.1, 0.15) is 16.1 Å². The van der Waals surface area contributed by atoms with E-state index in [1.807, 2.05) is 11.8 Å². The van der Waals surface area contributed by atoms with Crippen molar-refractivity contribution >= 4 is 21.6 Å². The molecule has 3 rings (SSSR count). The molecule has 134 valence electrons. The zero-order chi connectivity index (χ0) is 16.3. The highest BCUT2D eigenvalue weighted by Gasteiger charge is 2.34. The molecular formula is C16H30N2O3S2. The number of hydrogen-bond acceptors (Lipinski definition) is 6. The number of hydrogen-bond donors (Lipinski definition) is 2. The number of thioether (sulfide) groups is 1. The van der Waals surface area contributed by atoms with E-state index in [0.717, 1.165) is 45.4 Å². The number of ether oxygens (including phenoxy) is 1. The van der Waals surface area contributed by atoms with E-state index < -0.39 is 9.84 Å². The van der Waals surface area contributed by atoms with Crippen LogP contribution in [0.2, 0.25) is 0 Å². The van der Waals surface area contributed by atoms with E-state index in [2.05, 4.69) is 10.6 Å². The van der Waals surface area contributed by atoms with Gasteiger partial charge >= 0.3 is 0 Å². The van der Waals surface area contributed by atoms with Crippen molar-refractivity contribution in [3.63, 3.8) is 0 Å². The summed E-state index contributed by atoms with van der Waals surface area (Å²) in [5, 5.41) is 7.02. The summed E-state index contributed by atoms with van der Waals surface area (Å²) in [4.78, 5) is 0. The molecule has 2 N–H and O–H groups in total. The van der Waals surface area contributed by atoms with E-state index in [9.17, 15) is 8.42 Å². The molecule has 1 aliphatic carbocycles. The summed E-state index contributed by atoms with van der Waals surface area (Å²) in [7, 11) is -2.87. The molecule has 3 atom stereocenters. The van der Waals surface area contributed by atoms with Gasteiger partial charge in [-0.1, -0.05) is 0 Å². The van der Waals surface area contributed by atoms with E-state index in [1.54, 1.807) is 0 Å². The standard InChI is InChI=1S/C16H30N2O3S2/c1-23(19,20)14-4-2-13(3-5-14)15-8-17-9-16(18-15)21-10-12-6-7-22-11-12/h12-18H,2-11H2,1H3. The molecule has 3 unspecified atom stereocenters. The molecule has 1 saturated carbocycles. The topological polar surface area (TPSA) is 67.4 Å². The molecule has 0 amide bonds. The molecule has 0 aromatic heterocycles. The van der Waals surface area contributed by atoms with Crippen LogP contribution >= 0.6 is 11.8 Å². The first-order valence-corrected chi connectivity index (χ1v) is 12.0. The van der Waals surface area contributed by atoms with E-state index >= 15 is 0 Å². The van der Waals surface area contributed by atoms with Crippen molar-refractivity contribution in [3.8, 4) is 0 Å². The van der Waals surface area contributed by atoms with Crippen molar-refractivity contribution < 1.29 is 13.2 Å². The predicted molar refractivity (Wildman–Crippen MR) is 95.6 cm³/mol. The van der Waals surface area contributed by atoms with Gasteiger partial charge in [0, 0.05) is 25.4 Å². The van der Waals surface area contributed by atoms with Crippen LogP contribution in [-0.2, 0) is 14.6 Å². The van der Waals surface area contributed by atoms with Crippen LogP contribution in [0, 0.1) is 11.8 Å². The molecule has 0 bridgehead atoms. The smallest absolute Gasteiger partial charge is 0.150 e. The SMILES string of the molecule is CS(=O)(=O)C1CCC(C2CNCC(OCC3CCSC3)N2)CC1. The summed E-state index contributed by atoms with van der Waals surface area (Å²) in [6.07, 6.45) is 6.39. The lowest BCUT2D eigenvalue weighted by atomic mass is 9.83. The van der Waals surface area contributed by atoms with E-state index in [0.29, 0.717) is 17.9 Å². The molecule has 2 saturated heterocycles. The van der Waals surface area contributed by atoms with Crippen LogP contribution < -0.4 is 10.6 Å². The minimum Gasteiger partial charge on any atom is -0.362 e. The Balaban J connectivity index is 1.43. The lowest BCUT2D eigenvalue weighted by Crippen LogP contribution is -2.59. The summed E-state index contributed by atoms with van der Waals surface area (Å²) >= 11 is 2.03. The first-order chi connectivity index (χ1) is 11.0. The molecule has 5 nitrogen and oxygen atoms in total. The van der Waals surface area contributed by atoms with Crippen molar-refractivity contribution in [3.05, 3.63) is 0 Å². The Morgan fingerprint density at radius 3 is 2.57 bits per heavy atom. The number of rotatable bonds is 5. The van der Waals surface area contributed by atoms with Crippen molar-refractivity contribution in [2.45, 2.75) is 49.6 Å². The van der Waals surface area contributed by atoms with Crippen molar-refractivity contribution in [1.29, 1.82) is 0 Å². The molecule has 23 heavy (non-hydrogen) atoms. The highest BCUT2D eigenvalue weighted by Crippen LogP contribution is 2.31. The van der Waals surface area contributed by atoms with Crippen molar-refractivity contribution in [2.75, 3.05) is 37.5 Å². The third-order valence-corrected chi connectivity index (χ3v) is 8.46. The van der Waals surface area contributed by atoms with Gasteiger partial charge in [0.2, 0.25) is 0 Å². The van der Waals surface area contributed by atoms with Crippen LogP contribution in [0.15, 0.2) is 0 Å². The first-order valence-electron chi connectivity index (χ1n) is 8.87. The zero-order valence-corrected chi connectivity index (χ0v) is 15.6. The Hall–Kier alpha value is 0.180. The van der Waals surface area contributed by atoms with Crippen LogP contribution in [0.5, 0.6) is 0 Å². The number of piperazine rings is 1. The monoisotopic (exact) mass is 362 g/mol. The van der Waals surface area contributed by atoms with Crippen LogP contribution in [0.3, 0.4) is 0 Å². The van der Waals surface area contributed by atoms with Crippen LogP contribution in [0.25, 0.3) is 0 Å². The molecule has 0 aromatic rings. The van der Waals surface area contributed by atoms with Gasteiger partial charge in [-0.3, -0.25) is 5.32 Å². The first kappa shape index (κ1) is 18.0. The minimum atomic E-state index is -2.87. The minimum absolute atomic E-state index is 0.104. The van der Waals surface area contributed by atoms with E-state index in [4.69, 9.17) is 4.74 Å². The third-order valence-electron chi connectivity index (χ3n) is 5.54. The molecule has 2 heterocycles. The summed E-state index contributed by atoms with van der Waals surface area (Å²) in [5.74, 6) is 3.79. The molecule has 7 heteroatoms. The number of nitrogens with one attached hydrogen (secondary N) is 2.